The van der Waals surface area contributed by atoms with Crippen molar-refractivity contribution >= 4 is 17.5 Å². The third-order valence-corrected chi connectivity index (χ3v) is 5.22. The molecule has 1 atom stereocenters. The minimum absolute atomic E-state index is 0.0124. The van der Waals surface area contributed by atoms with Gasteiger partial charge in [-0.25, -0.2) is 4.39 Å². The first-order valence-corrected chi connectivity index (χ1v) is 9.81. The highest BCUT2D eigenvalue weighted by Gasteiger charge is 2.24. The van der Waals surface area contributed by atoms with Crippen molar-refractivity contribution in [3.05, 3.63) is 94.5 Å². The molecule has 28 heavy (non-hydrogen) atoms. The molecule has 5 heteroatoms. The first kappa shape index (κ1) is 20.2. The van der Waals surface area contributed by atoms with Crippen molar-refractivity contribution in [1.82, 2.24) is 9.47 Å². The highest BCUT2D eigenvalue weighted by Crippen LogP contribution is 2.19. The molecule has 0 radical (unpaired) electrons. The van der Waals surface area contributed by atoms with Gasteiger partial charge in [0, 0.05) is 29.5 Å². The van der Waals surface area contributed by atoms with Gasteiger partial charge in [0.1, 0.15) is 5.82 Å². The van der Waals surface area contributed by atoms with Gasteiger partial charge in [-0.3, -0.25) is 4.79 Å². The lowest BCUT2D eigenvalue weighted by atomic mass is 10.1. The van der Waals surface area contributed by atoms with Gasteiger partial charge in [0.25, 0.3) is 5.91 Å². The van der Waals surface area contributed by atoms with Crippen molar-refractivity contribution in [3.63, 3.8) is 0 Å². The number of hydrogen-bond acceptors (Lipinski definition) is 1. The Bertz CT molecular complexity index is 953. The lowest BCUT2D eigenvalue weighted by molar-refractivity contribution is 0.0662. The van der Waals surface area contributed by atoms with Gasteiger partial charge in [-0.1, -0.05) is 42.8 Å². The maximum Gasteiger partial charge on any atom is 0.257 e. The maximum absolute atomic E-state index is 14.2. The predicted molar refractivity (Wildman–Crippen MR) is 111 cm³/mol. The Morgan fingerprint density at radius 1 is 1.14 bits per heavy atom. The van der Waals surface area contributed by atoms with E-state index in [0.717, 1.165) is 17.7 Å². The van der Waals surface area contributed by atoms with Gasteiger partial charge in [-0.05, 0) is 55.3 Å². The van der Waals surface area contributed by atoms with Crippen LogP contribution in [0, 0.1) is 5.82 Å². The molecule has 0 N–H and O–H groups in total. The molecule has 1 amide bonds. The fourth-order valence-electron chi connectivity index (χ4n) is 3.19. The number of hydrogen-bond donors (Lipinski definition) is 0. The molecule has 146 valence electrons. The van der Waals surface area contributed by atoms with Gasteiger partial charge in [0.05, 0.1) is 12.1 Å². The van der Waals surface area contributed by atoms with E-state index < -0.39 is 5.82 Å². The molecular formula is C23H24ClFN2O. The number of carbonyl (C=O) groups is 1. The molecule has 0 aliphatic rings. The molecule has 3 aromatic rings. The van der Waals surface area contributed by atoms with Gasteiger partial charge >= 0.3 is 0 Å². The van der Waals surface area contributed by atoms with E-state index in [-0.39, 0.29) is 17.5 Å². The first-order chi connectivity index (χ1) is 13.5. The summed E-state index contributed by atoms with van der Waals surface area (Å²) < 4.78 is 16.3. The number of rotatable bonds is 7. The highest BCUT2D eigenvalue weighted by atomic mass is 35.5. The SMILES string of the molecule is CC[C@@H](C)N(Cc1cccn1Cc1cccc(Cl)c1)C(=O)c1ccccc1F. The van der Waals surface area contributed by atoms with Crippen molar-refractivity contribution in [1.29, 1.82) is 0 Å². The first-order valence-electron chi connectivity index (χ1n) is 9.43. The van der Waals surface area contributed by atoms with Crippen molar-refractivity contribution < 1.29 is 9.18 Å². The summed E-state index contributed by atoms with van der Waals surface area (Å²) in [6, 6.07) is 17.8. The van der Waals surface area contributed by atoms with Crippen molar-refractivity contribution in [3.8, 4) is 0 Å². The van der Waals surface area contributed by atoms with Gasteiger partial charge in [0.2, 0.25) is 0 Å². The molecular weight excluding hydrogens is 375 g/mol. The van der Waals surface area contributed by atoms with E-state index in [1.165, 1.54) is 12.1 Å². The average molecular weight is 399 g/mol. The Balaban J connectivity index is 1.86. The summed E-state index contributed by atoms with van der Waals surface area (Å²) in [4.78, 5) is 14.8. The van der Waals surface area contributed by atoms with Gasteiger partial charge < -0.3 is 9.47 Å². The second kappa shape index (κ2) is 9.07. The third kappa shape index (κ3) is 4.63. The van der Waals surface area contributed by atoms with Crippen LogP contribution in [0.4, 0.5) is 4.39 Å². The standard InChI is InChI=1S/C23H24ClFN2O/c1-3-17(2)27(23(28)21-11-4-5-12-22(21)25)16-20-10-7-13-26(20)15-18-8-6-9-19(24)14-18/h4-14,17H,3,15-16H2,1-2H3/t17-/m1/s1. The third-order valence-electron chi connectivity index (χ3n) is 4.99. The predicted octanol–water partition coefficient (Wildman–Crippen LogP) is 5.77. The van der Waals surface area contributed by atoms with Crippen LogP contribution in [0.2, 0.25) is 5.02 Å². The normalized spacial score (nSPS) is 12.0. The molecule has 0 aliphatic carbocycles. The van der Waals surface area contributed by atoms with Crippen LogP contribution in [-0.4, -0.2) is 21.4 Å². The van der Waals surface area contributed by atoms with Gasteiger partial charge in [-0.2, -0.15) is 0 Å². The summed E-state index contributed by atoms with van der Waals surface area (Å²) >= 11 is 6.10. The summed E-state index contributed by atoms with van der Waals surface area (Å²) in [5.74, 6) is -0.780. The van der Waals surface area contributed by atoms with Crippen LogP contribution in [0.3, 0.4) is 0 Å². The molecule has 3 rings (SSSR count). The minimum atomic E-state index is -0.491. The smallest absolute Gasteiger partial charge is 0.257 e. The van der Waals surface area contributed by atoms with Crippen LogP contribution in [0.15, 0.2) is 66.9 Å². The van der Waals surface area contributed by atoms with E-state index in [1.807, 2.05) is 56.4 Å². The summed E-state index contributed by atoms with van der Waals surface area (Å²) in [5, 5.41) is 0.696. The fraction of sp³-hybridized carbons (Fsp3) is 0.261. The summed E-state index contributed by atoms with van der Waals surface area (Å²) in [7, 11) is 0. The average Bonchev–Trinajstić information content (AvgIpc) is 3.12. The highest BCUT2D eigenvalue weighted by molar-refractivity contribution is 6.30. The number of benzene rings is 2. The molecule has 0 spiro atoms. The van der Waals surface area contributed by atoms with Crippen LogP contribution in [0.25, 0.3) is 0 Å². The number of amides is 1. The van der Waals surface area contributed by atoms with Crippen molar-refractivity contribution in [2.24, 2.45) is 0 Å². The Labute approximate surface area is 170 Å². The topological polar surface area (TPSA) is 25.2 Å². The van der Waals surface area contributed by atoms with Crippen LogP contribution >= 0.6 is 11.6 Å². The van der Waals surface area contributed by atoms with E-state index >= 15 is 0 Å². The number of halogens is 2. The fourth-order valence-corrected chi connectivity index (χ4v) is 3.40. The summed E-state index contributed by atoms with van der Waals surface area (Å²) in [6.45, 7) is 5.08. The molecule has 0 bridgehead atoms. The molecule has 2 aromatic carbocycles. The van der Waals surface area contributed by atoms with Gasteiger partial charge in [0.15, 0.2) is 0 Å². The number of nitrogens with zero attached hydrogens (tertiary/aromatic N) is 2. The summed E-state index contributed by atoms with van der Waals surface area (Å²) in [5.41, 5.74) is 2.18. The Morgan fingerprint density at radius 2 is 1.93 bits per heavy atom. The second-order valence-corrected chi connectivity index (χ2v) is 7.36. The van der Waals surface area contributed by atoms with Crippen LogP contribution in [0.1, 0.15) is 41.9 Å². The van der Waals surface area contributed by atoms with Crippen LogP contribution < -0.4 is 0 Å². The molecule has 1 aromatic heterocycles. The zero-order valence-corrected chi connectivity index (χ0v) is 16.9. The molecule has 0 saturated heterocycles. The van der Waals surface area contributed by atoms with Crippen molar-refractivity contribution in [2.75, 3.05) is 0 Å². The Kier molecular flexibility index (Phi) is 6.53. The lowest BCUT2D eigenvalue weighted by Crippen LogP contribution is -2.38. The van der Waals surface area contributed by atoms with E-state index in [4.69, 9.17) is 11.6 Å². The van der Waals surface area contributed by atoms with Crippen molar-refractivity contribution in [2.45, 2.75) is 39.4 Å². The number of carbonyl (C=O) groups excluding carboxylic acids is 1. The molecule has 0 fully saturated rings. The lowest BCUT2D eigenvalue weighted by Gasteiger charge is -2.29. The van der Waals surface area contributed by atoms with E-state index in [0.29, 0.717) is 18.1 Å². The Morgan fingerprint density at radius 3 is 2.64 bits per heavy atom. The van der Waals surface area contributed by atoms with Crippen LogP contribution in [0.5, 0.6) is 0 Å². The van der Waals surface area contributed by atoms with E-state index in [9.17, 15) is 9.18 Å². The molecule has 0 unspecified atom stereocenters. The zero-order chi connectivity index (χ0) is 20.1. The largest absolute Gasteiger partial charge is 0.345 e. The zero-order valence-electron chi connectivity index (χ0n) is 16.1. The maximum atomic E-state index is 14.2. The Hall–Kier alpha value is -2.59. The molecule has 0 aliphatic heterocycles. The van der Waals surface area contributed by atoms with Gasteiger partial charge in [-0.15, -0.1) is 0 Å². The monoisotopic (exact) mass is 398 g/mol. The number of aromatic nitrogens is 1. The van der Waals surface area contributed by atoms with E-state index in [2.05, 4.69) is 4.57 Å². The molecule has 1 heterocycles. The van der Waals surface area contributed by atoms with Crippen LogP contribution in [-0.2, 0) is 13.1 Å². The quantitative estimate of drug-likeness (QED) is 0.496. The summed E-state index contributed by atoms with van der Waals surface area (Å²) in [6.07, 6.45) is 2.77. The van der Waals surface area contributed by atoms with E-state index in [1.54, 1.807) is 17.0 Å². The second-order valence-electron chi connectivity index (χ2n) is 6.93. The molecule has 3 nitrogen and oxygen atoms in total. The molecule has 0 saturated carbocycles. The minimum Gasteiger partial charge on any atom is -0.345 e.